The van der Waals surface area contributed by atoms with Gasteiger partial charge in [0.15, 0.2) is 5.82 Å². The lowest BCUT2D eigenvalue weighted by Gasteiger charge is -2.11. The summed E-state index contributed by atoms with van der Waals surface area (Å²) in [6.45, 7) is 3.50. The van der Waals surface area contributed by atoms with Gasteiger partial charge in [0.05, 0.1) is 0 Å². The highest BCUT2D eigenvalue weighted by Crippen LogP contribution is 2.15. The Labute approximate surface area is 147 Å². The Hall–Kier alpha value is -2.48. The molecule has 0 bridgehead atoms. The molecule has 1 unspecified atom stereocenters. The fraction of sp³-hybridized carbons (Fsp3) is 0.250. The molecule has 1 heterocycles. The summed E-state index contributed by atoms with van der Waals surface area (Å²) in [5.74, 6) is -0.137. The van der Waals surface area contributed by atoms with E-state index in [-0.39, 0.29) is 12.4 Å². The van der Waals surface area contributed by atoms with Gasteiger partial charge in [0, 0.05) is 17.5 Å². The van der Waals surface area contributed by atoms with E-state index in [4.69, 9.17) is 4.74 Å². The quantitative estimate of drug-likeness (QED) is 0.324. The van der Waals surface area contributed by atoms with E-state index in [1.54, 1.807) is 19.9 Å². The maximum absolute atomic E-state index is 11.8. The number of carbonyl (C=O) groups is 1. The van der Waals surface area contributed by atoms with Crippen LogP contribution in [-0.4, -0.2) is 26.5 Å². The highest BCUT2D eigenvalue weighted by Gasteiger charge is 2.21. The number of halogens is 1. The fourth-order valence-corrected chi connectivity index (χ4v) is 2.36. The normalized spacial score (nSPS) is 12.3. The lowest BCUT2D eigenvalue weighted by Crippen LogP contribution is -2.21. The molecule has 0 saturated heterocycles. The molecule has 0 aliphatic heterocycles. The van der Waals surface area contributed by atoms with Crippen molar-refractivity contribution >= 4 is 33.8 Å². The lowest BCUT2D eigenvalue weighted by atomic mass is 10.2. The van der Waals surface area contributed by atoms with Crippen molar-refractivity contribution in [3.63, 3.8) is 0 Å². The Balaban J connectivity index is 1.96. The smallest absolute Gasteiger partial charge is 0.342 e. The minimum Gasteiger partial charge on any atom is -0.455 e. The van der Waals surface area contributed by atoms with E-state index >= 15 is 0 Å². The molecule has 0 aliphatic rings. The van der Waals surface area contributed by atoms with Crippen LogP contribution in [0.25, 0.3) is 6.08 Å². The highest BCUT2D eigenvalue weighted by molar-refractivity contribution is 9.10. The number of hydrogen-bond donors (Lipinski definition) is 0. The molecule has 2 aromatic rings. The monoisotopic (exact) mass is 393 g/mol. The standard InChI is InChI=1S/C16H16BrN3O4/c1-11(10-19-12(2)18-9-15(19)20(22)23)24-16(21)8-5-13-3-6-14(17)7-4-13/h3-9,11H,10H2,1-2H3/b8-5+. The predicted octanol–water partition coefficient (Wildman–Crippen LogP) is 3.51. The highest BCUT2D eigenvalue weighted by atomic mass is 79.9. The van der Waals surface area contributed by atoms with Crippen molar-refractivity contribution in [3.8, 4) is 0 Å². The molecule has 0 N–H and O–H groups in total. The Kier molecular flexibility index (Phi) is 5.86. The average molecular weight is 394 g/mol. The van der Waals surface area contributed by atoms with E-state index in [0.717, 1.165) is 10.0 Å². The Bertz CT molecular complexity index is 768. The number of imidazole rings is 1. The number of carbonyl (C=O) groups excluding carboxylic acids is 1. The zero-order valence-electron chi connectivity index (χ0n) is 13.2. The van der Waals surface area contributed by atoms with Crippen LogP contribution in [0.3, 0.4) is 0 Å². The topological polar surface area (TPSA) is 87.3 Å². The molecule has 126 valence electrons. The van der Waals surface area contributed by atoms with Crippen LogP contribution in [0.15, 0.2) is 41.0 Å². The summed E-state index contributed by atoms with van der Waals surface area (Å²) < 4.78 is 7.62. The molecule has 8 heteroatoms. The number of hydrogen-bond acceptors (Lipinski definition) is 5. The van der Waals surface area contributed by atoms with E-state index in [1.807, 2.05) is 24.3 Å². The summed E-state index contributed by atoms with van der Waals surface area (Å²) in [5, 5.41) is 10.9. The largest absolute Gasteiger partial charge is 0.455 e. The molecule has 0 saturated carbocycles. The van der Waals surface area contributed by atoms with Crippen LogP contribution in [-0.2, 0) is 16.1 Å². The first-order valence-electron chi connectivity index (χ1n) is 7.17. The number of rotatable bonds is 6. The van der Waals surface area contributed by atoms with Crippen LogP contribution in [0.2, 0.25) is 0 Å². The molecule has 24 heavy (non-hydrogen) atoms. The minimum absolute atomic E-state index is 0.124. The molecule has 0 amide bonds. The van der Waals surface area contributed by atoms with Crippen molar-refractivity contribution in [1.82, 2.24) is 9.55 Å². The number of ether oxygens (including phenoxy) is 1. The third-order valence-electron chi connectivity index (χ3n) is 3.26. The van der Waals surface area contributed by atoms with E-state index in [9.17, 15) is 14.9 Å². The summed E-state index contributed by atoms with van der Waals surface area (Å²) in [4.78, 5) is 26.2. The van der Waals surface area contributed by atoms with Crippen molar-refractivity contribution in [2.45, 2.75) is 26.5 Å². The number of esters is 1. The maximum Gasteiger partial charge on any atom is 0.342 e. The third-order valence-corrected chi connectivity index (χ3v) is 3.79. The first kappa shape index (κ1) is 17.9. The SMILES string of the molecule is Cc1ncc([N+](=O)[O-])n1CC(C)OC(=O)/C=C/c1ccc(Br)cc1. The summed E-state index contributed by atoms with van der Waals surface area (Å²) in [6, 6.07) is 7.45. The Morgan fingerprint density at radius 1 is 1.46 bits per heavy atom. The molecule has 2 rings (SSSR count). The number of nitrogens with zero attached hydrogens (tertiary/aromatic N) is 3. The van der Waals surface area contributed by atoms with E-state index in [0.29, 0.717) is 5.82 Å². The zero-order valence-corrected chi connectivity index (χ0v) is 14.8. The molecule has 7 nitrogen and oxygen atoms in total. The van der Waals surface area contributed by atoms with Gasteiger partial charge in [-0.15, -0.1) is 0 Å². The molecule has 0 spiro atoms. The first-order chi connectivity index (χ1) is 11.4. The maximum atomic E-state index is 11.8. The van der Waals surface area contributed by atoms with Crippen LogP contribution in [0.4, 0.5) is 5.82 Å². The lowest BCUT2D eigenvalue weighted by molar-refractivity contribution is -0.392. The van der Waals surface area contributed by atoms with Crippen molar-refractivity contribution in [3.05, 3.63) is 62.5 Å². The zero-order chi connectivity index (χ0) is 17.7. The van der Waals surface area contributed by atoms with Gasteiger partial charge in [-0.05, 0) is 35.6 Å². The molecule has 1 aromatic carbocycles. The van der Waals surface area contributed by atoms with Crippen LogP contribution in [0.1, 0.15) is 18.3 Å². The minimum atomic E-state index is -0.529. The third kappa shape index (κ3) is 4.76. The molecular weight excluding hydrogens is 378 g/mol. The number of benzene rings is 1. The first-order valence-corrected chi connectivity index (χ1v) is 7.97. The van der Waals surface area contributed by atoms with Crippen LogP contribution in [0.5, 0.6) is 0 Å². The van der Waals surface area contributed by atoms with Gasteiger partial charge in [0.2, 0.25) is 0 Å². The second kappa shape index (κ2) is 7.87. The second-order valence-electron chi connectivity index (χ2n) is 5.16. The van der Waals surface area contributed by atoms with Crippen LogP contribution in [0, 0.1) is 17.0 Å². The molecule has 0 aliphatic carbocycles. The predicted molar refractivity (Wildman–Crippen MR) is 92.3 cm³/mol. The number of aryl methyl sites for hydroxylation is 1. The molecule has 0 radical (unpaired) electrons. The number of aromatic nitrogens is 2. The van der Waals surface area contributed by atoms with Crippen molar-refractivity contribution in [2.75, 3.05) is 0 Å². The van der Waals surface area contributed by atoms with Crippen molar-refractivity contribution in [2.24, 2.45) is 0 Å². The van der Waals surface area contributed by atoms with Gasteiger partial charge in [-0.3, -0.25) is 0 Å². The van der Waals surface area contributed by atoms with Gasteiger partial charge in [-0.1, -0.05) is 28.1 Å². The van der Waals surface area contributed by atoms with E-state index in [2.05, 4.69) is 20.9 Å². The molecular formula is C16H16BrN3O4. The molecule has 0 fully saturated rings. The Morgan fingerprint density at radius 3 is 2.75 bits per heavy atom. The summed E-state index contributed by atoms with van der Waals surface area (Å²) in [7, 11) is 0. The van der Waals surface area contributed by atoms with Gasteiger partial charge in [-0.2, -0.15) is 0 Å². The fourth-order valence-electron chi connectivity index (χ4n) is 2.10. The van der Waals surface area contributed by atoms with Gasteiger partial charge < -0.3 is 14.9 Å². The van der Waals surface area contributed by atoms with Crippen molar-refractivity contribution in [1.29, 1.82) is 0 Å². The van der Waals surface area contributed by atoms with Gasteiger partial charge in [-0.25, -0.2) is 14.3 Å². The van der Waals surface area contributed by atoms with Crippen LogP contribution >= 0.6 is 15.9 Å². The summed E-state index contributed by atoms with van der Waals surface area (Å²) in [6.07, 6.45) is 3.64. The van der Waals surface area contributed by atoms with Gasteiger partial charge >= 0.3 is 11.8 Å². The van der Waals surface area contributed by atoms with Crippen LogP contribution < -0.4 is 0 Å². The van der Waals surface area contributed by atoms with Gasteiger partial charge in [0.1, 0.15) is 18.8 Å². The summed E-state index contributed by atoms with van der Waals surface area (Å²) in [5.41, 5.74) is 0.865. The van der Waals surface area contributed by atoms with Gasteiger partial charge in [0.25, 0.3) is 0 Å². The average Bonchev–Trinajstić information content (AvgIpc) is 2.88. The second-order valence-corrected chi connectivity index (χ2v) is 6.08. The van der Waals surface area contributed by atoms with E-state index < -0.39 is 17.0 Å². The Morgan fingerprint density at radius 2 is 2.12 bits per heavy atom. The summed E-state index contributed by atoms with van der Waals surface area (Å²) >= 11 is 3.34. The van der Waals surface area contributed by atoms with Crippen molar-refractivity contribution < 1.29 is 14.5 Å². The molecule has 1 aromatic heterocycles. The number of nitro groups is 1. The van der Waals surface area contributed by atoms with E-state index in [1.165, 1.54) is 16.8 Å². The molecule has 1 atom stereocenters.